The second-order valence-corrected chi connectivity index (χ2v) is 4.67. The Bertz CT molecular complexity index is 431. The van der Waals surface area contributed by atoms with E-state index in [9.17, 15) is 4.79 Å². The number of amides is 1. The minimum Gasteiger partial charge on any atom is -0.395 e. The first-order chi connectivity index (χ1) is 8.13. The highest BCUT2D eigenvalue weighted by Crippen LogP contribution is 2.17. The van der Waals surface area contributed by atoms with E-state index in [2.05, 4.69) is 11.8 Å². The standard InChI is InChI=1S/C12H16N2O2S/c1-14(9-12(13)16)8-11-10(5-7-17-11)4-2-3-6-15/h5,7,15H,3,6,8-9H2,1H3,(H2,13,16). The van der Waals surface area contributed by atoms with Gasteiger partial charge in [-0.2, -0.15) is 0 Å². The van der Waals surface area contributed by atoms with Crippen molar-refractivity contribution in [3.63, 3.8) is 0 Å². The predicted octanol–water partition coefficient (Wildman–Crippen LogP) is 0.399. The van der Waals surface area contributed by atoms with Crippen LogP contribution in [0.3, 0.4) is 0 Å². The van der Waals surface area contributed by atoms with Crippen molar-refractivity contribution in [1.29, 1.82) is 0 Å². The maximum absolute atomic E-state index is 10.8. The molecule has 0 fully saturated rings. The number of aliphatic hydroxyl groups excluding tert-OH is 1. The number of nitrogens with two attached hydrogens (primary N) is 1. The number of thiophene rings is 1. The third kappa shape index (κ3) is 5.00. The summed E-state index contributed by atoms with van der Waals surface area (Å²) in [4.78, 5) is 13.7. The number of carbonyl (C=O) groups is 1. The molecule has 0 radical (unpaired) electrons. The van der Waals surface area contributed by atoms with Gasteiger partial charge in [-0.1, -0.05) is 11.8 Å². The Balaban J connectivity index is 2.63. The normalized spacial score (nSPS) is 10.1. The summed E-state index contributed by atoms with van der Waals surface area (Å²) in [6.45, 7) is 0.971. The predicted molar refractivity (Wildman–Crippen MR) is 68.4 cm³/mol. The fraction of sp³-hybridized carbons (Fsp3) is 0.417. The highest BCUT2D eigenvalue weighted by atomic mass is 32.1. The van der Waals surface area contributed by atoms with Crippen molar-refractivity contribution in [2.75, 3.05) is 20.2 Å². The molecule has 5 heteroatoms. The molecule has 0 aliphatic heterocycles. The molecule has 0 bridgehead atoms. The van der Waals surface area contributed by atoms with Crippen LogP contribution in [0, 0.1) is 11.8 Å². The van der Waals surface area contributed by atoms with Gasteiger partial charge in [0.25, 0.3) is 0 Å². The molecule has 3 N–H and O–H groups in total. The van der Waals surface area contributed by atoms with Crippen LogP contribution in [0.2, 0.25) is 0 Å². The lowest BCUT2D eigenvalue weighted by atomic mass is 10.2. The van der Waals surface area contributed by atoms with Gasteiger partial charge in [-0.3, -0.25) is 9.69 Å². The second-order valence-electron chi connectivity index (χ2n) is 3.67. The van der Waals surface area contributed by atoms with Crippen LogP contribution in [0.1, 0.15) is 16.9 Å². The summed E-state index contributed by atoms with van der Waals surface area (Å²) in [7, 11) is 1.84. The summed E-state index contributed by atoms with van der Waals surface area (Å²) < 4.78 is 0. The number of rotatable bonds is 5. The quantitative estimate of drug-likeness (QED) is 0.745. The average molecular weight is 252 g/mol. The van der Waals surface area contributed by atoms with Gasteiger partial charge in [0.05, 0.1) is 13.2 Å². The van der Waals surface area contributed by atoms with Crippen LogP contribution in [0.25, 0.3) is 0 Å². The van der Waals surface area contributed by atoms with E-state index in [4.69, 9.17) is 10.8 Å². The van der Waals surface area contributed by atoms with E-state index >= 15 is 0 Å². The van der Waals surface area contributed by atoms with Crippen LogP contribution >= 0.6 is 11.3 Å². The van der Waals surface area contributed by atoms with Gasteiger partial charge in [0.15, 0.2) is 0 Å². The Kier molecular flexibility index (Phi) is 5.70. The lowest BCUT2D eigenvalue weighted by molar-refractivity contribution is -0.118. The van der Waals surface area contributed by atoms with Gasteiger partial charge in [0.2, 0.25) is 5.91 Å². The van der Waals surface area contributed by atoms with Crippen molar-refractivity contribution in [3.8, 4) is 11.8 Å². The molecule has 0 aromatic carbocycles. The number of hydrogen-bond donors (Lipinski definition) is 2. The minimum absolute atomic E-state index is 0.0774. The van der Waals surface area contributed by atoms with E-state index in [1.165, 1.54) is 0 Å². The lowest BCUT2D eigenvalue weighted by Crippen LogP contribution is -2.30. The van der Waals surface area contributed by atoms with E-state index in [-0.39, 0.29) is 19.1 Å². The van der Waals surface area contributed by atoms with Gasteiger partial charge in [-0.25, -0.2) is 0 Å². The van der Waals surface area contributed by atoms with Gasteiger partial charge >= 0.3 is 0 Å². The minimum atomic E-state index is -0.336. The maximum atomic E-state index is 10.8. The molecule has 0 aliphatic carbocycles. The van der Waals surface area contributed by atoms with Crippen molar-refractivity contribution in [2.45, 2.75) is 13.0 Å². The molecule has 0 unspecified atom stereocenters. The molecule has 1 rings (SSSR count). The zero-order chi connectivity index (χ0) is 12.7. The summed E-state index contributed by atoms with van der Waals surface area (Å²) in [5.74, 6) is 5.56. The molecule has 1 aromatic heterocycles. The summed E-state index contributed by atoms with van der Waals surface area (Å²) in [5.41, 5.74) is 6.08. The summed E-state index contributed by atoms with van der Waals surface area (Å²) in [6, 6.07) is 1.95. The lowest BCUT2D eigenvalue weighted by Gasteiger charge is -2.13. The fourth-order valence-electron chi connectivity index (χ4n) is 1.36. The van der Waals surface area contributed by atoms with Crippen LogP contribution in [0.4, 0.5) is 0 Å². The van der Waals surface area contributed by atoms with Crippen LogP contribution in [-0.2, 0) is 11.3 Å². The molecular formula is C12H16N2O2S. The molecule has 0 saturated carbocycles. The zero-order valence-corrected chi connectivity index (χ0v) is 10.6. The van der Waals surface area contributed by atoms with E-state index in [1.54, 1.807) is 11.3 Å². The third-order valence-corrected chi connectivity index (χ3v) is 2.95. The number of hydrogen-bond acceptors (Lipinski definition) is 4. The van der Waals surface area contributed by atoms with Crippen LogP contribution in [0.5, 0.6) is 0 Å². The number of carbonyl (C=O) groups excluding carboxylic acids is 1. The van der Waals surface area contributed by atoms with Gasteiger partial charge in [0.1, 0.15) is 0 Å². The molecular weight excluding hydrogens is 236 g/mol. The second kappa shape index (κ2) is 7.07. The van der Waals surface area contributed by atoms with Gasteiger partial charge in [0, 0.05) is 23.4 Å². The summed E-state index contributed by atoms with van der Waals surface area (Å²) >= 11 is 1.60. The first kappa shape index (κ1) is 13.7. The van der Waals surface area contributed by atoms with Gasteiger partial charge in [-0.15, -0.1) is 11.3 Å². The molecule has 92 valence electrons. The Hall–Kier alpha value is -1.35. The number of primary amides is 1. The fourth-order valence-corrected chi connectivity index (χ4v) is 2.26. The molecule has 1 heterocycles. The highest BCUT2D eigenvalue weighted by molar-refractivity contribution is 7.10. The molecule has 17 heavy (non-hydrogen) atoms. The first-order valence-electron chi connectivity index (χ1n) is 5.26. The Morgan fingerprint density at radius 2 is 2.41 bits per heavy atom. The van der Waals surface area contributed by atoms with Crippen LogP contribution in [-0.4, -0.2) is 36.1 Å². The molecule has 0 spiro atoms. The van der Waals surface area contributed by atoms with Crippen molar-refractivity contribution >= 4 is 17.2 Å². The highest BCUT2D eigenvalue weighted by Gasteiger charge is 2.07. The topological polar surface area (TPSA) is 66.6 Å². The number of nitrogens with zero attached hydrogens (tertiary/aromatic N) is 1. The maximum Gasteiger partial charge on any atom is 0.231 e. The zero-order valence-electron chi connectivity index (χ0n) is 9.77. The Morgan fingerprint density at radius 3 is 3.06 bits per heavy atom. The Labute approximate surface area is 105 Å². The van der Waals surface area contributed by atoms with E-state index in [0.29, 0.717) is 13.0 Å². The van der Waals surface area contributed by atoms with E-state index in [1.807, 2.05) is 23.4 Å². The molecule has 4 nitrogen and oxygen atoms in total. The number of aliphatic hydroxyl groups is 1. The molecule has 0 saturated heterocycles. The average Bonchev–Trinajstić information content (AvgIpc) is 2.65. The van der Waals surface area contributed by atoms with Crippen LogP contribution in [0.15, 0.2) is 11.4 Å². The monoisotopic (exact) mass is 252 g/mol. The Morgan fingerprint density at radius 1 is 1.65 bits per heavy atom. The molecule has 0 aliphatic rings. The van der Waals surface area contributed by atoms with E-state index in [0.717, 1.165) is 10.4 Å². The third-order valence-electron chi connectivity index (χ3n) is 2.04. The van der Waals surface area contributed by atoms with Crippen molar-refractivity contribution < 1.29 is 9.90 Å². The largest absolute Gasteiger partial charge is 0.395 e. The van der Waals surface area contributed by atoms with Crippen molar-refractivity contribution in [1.82, 2.24) is 4.90 Å². The number of likely N-dealkylation sites (N-methyl/N-ethyl adjacent to an activating group) is 1. The van der Waals surface area contributed by atoms with Gasteiger partial charge < -0.3 is 10.8 Å². The summed E-state index contributed by atoms with van der Waals surface area (Å²) in [6.07, 6.45) is 0.479. The van der Waals surface area contributed by atoms with Crippen molar-refractivity contribution in [3.05, 3.63) is 21.9 Å². The SMILES string of the molecule is CN(CC(N)=O)Cc1sccc1C#CCCO. The molecule has 0 atom stereocenters. The van der Waals surface area contributed by atoms with Crippen LogP contribution < -0.4 is 5.73 Å². The smallest absolute Gasteiger partial charge is 0.231 e. The van der Waals surface area contributed by atoms with E-state index < -0.39 is 0 Å². The van der Waals surface area contributed by atoms with Crippen molar-refractivity contribution in [2.24, 2.45) is 5.73 Å². The first-order valence-corrected chi connectivity index (χ1v) is 6.14. The molecule has 1 aromatic rings. The molecule has 1 amide bonds. The summed E-state index contributed by atoms with van der Waals surface area (Å²) in [5, 5.41) is 10.6. The van der Waals surface area contributed by atoms with Gasteiger partial charge in [-0.05, 0) is 18.5 Å².